The van der Waals surface area contributed by atoms with E-state index in [0.717, 1.165) is 11.3 Å². The Morgan fingerprint density at radius 1 is 1.14 bits per heavy atom. The van der Waals surface area contributed by atoms with Crippen LogP contribution in [0.25, 0.3) is 0 Å². The molecule has 1 unspecified atom stereocenters. The molecule has 0 fully saturated rings. The molecule has 0 aliphatic rings. The molecule has 0 aromatic heterocycles. The lowest BCUT2D eigenvalue weighted by atomic mass is 10.2. The first kappa shape index (κ1) is 21.3. The highest BCUT2D eigenvalue weighted by molar-refractivity contribution is 5.79. The molecular formula is C21H28FN3O3. The number of guanidine groups is 1. The molecule has 0 saturated carbocycles. The molecule has 28 heavy (non-hydrogen) atoms. The van der Waals surface area contributed by atoms with E-state index in [2.05, 4.69) is 15.6 Å². The van der Waals surface area contributed by atoms with Crippen molar-refractivity contribution in [3.8, 4) is 17.2 Å². The number of rotatable bonds is 9. The van der Waals surface area contributed by atoms with Gasteiger partial charge in [-0.3, -0.25) is 4.99 Å². The minimum atomic E-state index is -0.319. The molecule has 0 aliphatic carbocycles. The zero-order valence-electron chi connectivity index (χ0n) is 16.8. The summed E-state index contributed by atoms with van der Waals surface area (Å²) in [5, 5.41) is 6.44. The van der Waals surface area contributed by atoms with Crippen molar-refractivity contribution < 1.29 is 18.6 Å². The van der Waals surface area contributed by atoms with E-state index in [1.165, 1.54) is 12.1 Å². The third-order valence-electron chi connectivity index (χ3n) is 3.90. The zero-order chi connectivity index (χ0) is 20.4. The predicted octanol–water partition coefficient (Wildman–Crippen LogP) is 3.37. The molecular weight excluding hydrogens is 361 g/mol. The van der Waals surface area contributed by atoms with Gasteiger partial charge in [-0.1, -0.05) is 12.1 Å². The molecule has 6 nitrogen and oxygen atoms in total. The average molecular weight is 389 g/mol. The highest BCUT2D eigenvalue weighted by atomic mass is 19.1. The Bertz CT molecular complexity index is 783. The van der Waals surface area contributed by atoms with Crippen LogP contribution in [-0.2, 0) is 6.54 Å². The van der Waals surface area contributed by atoms with Gasteiger partial charge in [-0.05, 0) is 43.7 Å². The van der Waals surface area contributed by atoms with Gasteiger partial charge in [0, 0.05) is 19.7 Å². The Morgan fingerprint density at radius 2 is 1.96 bits per heavy atom. The van der Waals surface area contributed by atoms with Gasteiger partial charge in [0.1, 0.15) is 17.7 Å². The number of nitrogens with zero attached hydrogens (tertiary/aromatic N) is 1. The second-order valence-electron chi connectivity index (χ2n) is 6.11. The van der Waals surface area contributed by atoms with Crippen molar-refractivity contribution in [1.82, 2.24) is 10.6 Å². The van der Waals surface area contributed by atoms with E-state index in [1.54, 1.807) is 26.3 Å². The first-order valence-corrected chi connectivity index (χ1v) is 9.22. The largest absolute Gasteiger partial charge is 0.493 e. The van der Waals surface area contributed by atoms with Crippen molar-refractivity contribution in [1.29, 1.82) is 0 Å². The molecule has 0 radical (unpaired) electrons. The molecule has 0 bridgehead atoms. The molecule has 152 valence electrons. The number of halogens is 1. The fourth-order valence-corrected chi connectivity index (χ4v) is 2.56. The smallest absolute Gasteiger partial charge is 0.191 e. The van der Waals surface area contributed by atoms with Crippen LogP contribution < -0.4 is 24.8 Å². The van der Waals surface area contributed by atoms with Gasteiger partial charge in [0.15, 0.2) is 17.5 Å². The molecule has 0 spiro atoms. The van der Waals surface area contributed by atoms with Gasteiger partial charge in [-0.2, -0.15) is 0 Å². The first-order chi connectivity index (χ1) is 13.5. The number of aliphatic imine (C=N–C) groups is 1. The maximum atomic E-state index is 13.2. The predicted molar refractivity (Wildman–Crippen MR) is 109 cm³/mol. The normalized spacial score (nSPS) is 12.2. The highest BCUT2D eigenvalue weighted by Crippen LogP contribution is 2.27. The number of hydrogen-bond donors (Lipinski definition) is 2. The van der Waals surface area contributed by atoms with E-state index in [0.29, 0.717) is 37.2 Å². The summed E-state index contributed by atoms with van der Waals surface area (Å²) in [6.07, 6.45) is -0.161. The summed E-state index contributed by atoms with van der Waals surface area (Å²) in [6.45, 7) is 5.51. The lowest BCUT2D eigenvalue weighted by Crippen LogP contribution is -2.41. The fourth-order valence-electron chi connectivity index (χ4n) is 2.56. The Labute approximate surface area is 165 Å². The zero-order valence-corrected chi connectivity index (χ0v) is 16.8. The molecule has 0 aliphatic heterocycles. The SMILES string of the molecule is CCOc1ccc(CNC(=NC)NCC(C)Oc2cccc(F)c2)cc1OC. The van der Waals surface area contributed by atoms with Gasteiger partial charge in [-0.15, -0.1) is 0 Å². The summed E-state index contributed by atoms with van der Waals surface area (Å²) in [7, 11) is 3.32. The second kappa shape index (κ2) is 11.0. The Balaban J connectivity index is 1.84. The van der Waals surface area contributed by atoms with Crippen molar-refractivity contribution in [2.45, 2.75) is 26.5 Å². The van der Waals surface area contributed by atoms with Gasteiger partial charge in [0.25, 0.3) is 0 Å². The summed E-state index contributed by atoms with van der Waals surface area (Å²) in [4.78, 5) is 4.21. The van der Waals surface area contributed by atoms with E-state index in [-0.39, 0.29) is 11.9 Å². The van der Waals surface area contributed by atoms with Crippen molar-refractivity contribution >= 4 is 5.96 Å². The Hall–Kier alpha value is -2.96. The third-order valence-corrected chi connectivity index (χ3v) is 3.90. The quantitative estimate of drug-likeness (QED) is 0.509. The molecule has 0 heterocycles. The second-order valence-corrected chi connectivity index (χ2v) is 6.11. The maximum Gasteiger partial charge on any atom is 0.191 e. The van der Waals surface area contributed by atoms with E-state index < -0.39 is 0 Å². The van der Waals surface area contributed by atoms with E-state index in [9.17, 15) is 4.39 Å². The van der Waals surface area contributed by atoms with Gasteiger partial charge in [0.2, 0.25) is 0 Å². The summed E-state index contributed by atoms with van der Waals surface area (Å²) in [5.41, 5.74) is 1.03. The number of hydrogen-bond acceptors (Lipinski definition) is 4. The number of benzene rings is 2. The number of nitrogens with one attached hydrogen (secondary N) is 2. The van der Waals surface area contributed by atoms with Crippen LogP contribution in [0.4, 0.5) is 4.39 Å². The third kappa shape index (κ3) is 6.64. The van der Waals surface area contributed by atoms with Gasteiger partial charge >= 0.3 is 0 Å². The van der Waals surface area contributed by atoms with Crippen molar-refractivity contribution in [2.24, 2.45) is 4.99 Å². The van der Waals surface area contributed by atoms with Crippen molar-refractivity contribution in [3.63, 3.8) is 0 Å². The van der Waals surface area contributed by atoms with Crippen LogP contribution >= 0.6 is 0 Å². The monoisotopic (exact) mass is 389 g/mol. The average Bonchev–Trinajstić information content (AvgIpc) is 2.69. The summed E-state index contributed by atoms with van der Waals surface area (Å²) >= 11 is 0. The van der Waals surface area contributed by atoms with Crippen LogP contribution in [0.5, 0.6) is 17.2 Å². The molecule has 7 heteroatoms. The van der Waals surface area contributed by atoms with Gasteiger partial charge < -0.3 is 24.8 Å². The lowest BCUT2D eigenvalue weighted by molar-refractivity contribution is 0.223. The fraction of sp³-hybridized carbons (Fsp3) is 0.381. The standard InChI is InChI=1S/C21H28FN3O3/c1-5-27-19-10-9-16(11-20(19)26-4)14-25-21(23-3)24-13-15(2)28-18-8-6-7-17(22)12-18/h6-12,15H,5,13-14H2,1-4H3,(H2,23,24,25). The molecule has 0 saturated heterocycles. The van der Waals surface area contributed by atoms with E-state index >= 15 is 0 Å². The topological polar surface area (TPSA) is 64.1 Å². The summed E-state index contributed by atoms with van der Waals surface area (Å²) < 4.78 is 29.8. The van der Waals surface area contributed by atoms with Gasteiger partial charge in [-0.25, -0.2) is 4.39 Å². The molecule has 2 rings (SSSR count). The van der Waals surface area contributed by atoms with Gasteiger partial charge in [0.05, 0.1) is 20.3 Å². The minimum absolute atomic E-state index is 0.161. The van der Waals surface area contributed by atoms with Crippen molar-refractivity contribution in [2.75, 3.05) is 27.3 Å². The molecule has 2 aromatic carbocycles. The van der Waals surface area contributed by atoms with Crippen LogP contribution in [0.15, 0.2) is 47.5 Å². The Morgan fingerprint density at radius 3 is 2.64 bits per heavy atom. The van der Waals surface area contributed by atoms with Crippen molar-refractivity contribution in [3.05, 3.63) is 53.8 Å². The minimum Gasteiger partial charge on any atom is -0.493 e. The van der Waals surface area contributed by atoms with Crippen LogP contribution in [0, 0.1) is 5.82 Å². The van der Waals surface area contributed by atoms with E-state index in [4.69, 9.17) is 14.2 Å². The van der Waals surface area contributed by atoms with Crippen LogP contribution in [0.1, 0.15) is 19.4 Å². The molecule has 0 amide bonds. The van der Waals surface area contributed by atoms with Crippen LogP contribution in [0.3, 0.4) is 0 Å². The highest BCUT2D eigenvalue weighted by Gasteiger charge is 2.08. The van der Waals surface area contributed by atoms with Crippen LogP contribution in [0.2, 0.25) is 0 Å². The molecule has 1 atom stereocenters. The number of ether oxygens (including phenoxy) is 3. The van der Waals surface area contributed by atoms with E-state index in [1.807, 2.05) is 32.0 Å². The molecule has 2 aromatic rings. The lowest BCUT2D eigenvalue weighted by Gasteiger charge is -2.18. The number of methoxy groups -OCH3 is 1. The maximum absolute atomic E-state index is 13.2. The Kier molecular flexibility index (Phi) is 8.39. The first-order valence-electron chi connectivity index (χ1n) is 9.22. The summed E-state index contributed by atoms with van der Waals surface area (Å²) in [6, 6.07) is 11.9. The summed E-state index contributed by atoms with van der Waals surface area (Å²) in [5.74, 6) is 2.24. The molecule has 2 N–H and O–H groups in total. The van der Waals surface area contributed by atoms with Crippen LogP contribution in [-0.4, -0.2) is 39.4 Å².